The minimum absolute atomic E-state index is 0.113. The second kappa shape index (κ2) is 7.21. The molecule has 0 spiro atoms. The first-order valence-corrected chi connectivity index (χ1v) is 8.57. The van der Waals surface area contributed by atoms with Crippen molar-refractivity contribution in [2.24, 2.45) is 0 Å². The fourth-order valence-electron chi connectivity index (χ4n) is 2.79. The second-order valence-electron chi connectivity index (χ2n) is 6.99. The standard InChI is InChI=1S/C17H26BrFN2/c1-17(2,3)20-11-15-6-4-5-9-21(15)12-13-7-8-14(18)10-16(13)19/h7-8,10,15,20H,4-6,9,11-12H2,1-3H3. The molecule has 1 saturated heterocycles. The van der Waals surface area contributed by atoms with Crippen molar-refractivity contribution in [3.63, 3.8) is 0 Å². The number of nitrogens with zero attached hydrogens (tertiary/aromatic N) is 1. The first kappa shape index (κ1) is 16.9. The molecule has 0 bridgehead atoms. The molecule has 1 aliphatic heterocycles. The summed E-state index contributed by atoms with van der Waals surface area (Å²) in [5.74, 6) is -0.113. The summed E-state index contributed by atoms with van der Waals surface area (Å²) in [6.45, 7) is 9.31. The first-order chi connectivity index (χ1) is 9.85. The maximum absolute atomic E-state index is 14.0. The molecule has 4 heteroatoms. The predicted molar refractivity (Wildman–Crippen MR) is 89.9 cm³/mol. The molecule has 0 aliphatic carbocycles. The molecule has 1 unspecified atom stereocenters. The molecule has 118 valence electrons. The normalized spacial score (nSPS) is 20.7. The summed E-state index contributed by atoms with van der Waals surface area (Å²) >= 11 is 3.32. The van der Waals surface area contributed by atoms with Gasteiger partial charge in [-0.1, -0.05) is 28.4 Å². The molecular formula is C17H26BrFN2. The first-order valence-electron chi connectivity index (χ1n) is 7.78. The summed E-state index contributed by atoms with van der Waals surface area (Å²) in [5.41, 5.74) is 0.923. The van der Waals surface area contributed by atoms with Crippen LogP contribution in [0.1, 0.15) is 45.6 Å². The Labute approximate surface area is 136 Å². The zero-order valence-electron chi connectivity index (χ0n) is 13.3. The molecule has 1 N–H and O–H groups in total. The Balaban J connectivity index is 2.01. The SMILES string of the molecule is CC(C)(C)NCC1CCCCN1Cc1ccc(Br)cc1F. The van der Waals surface area contributed by atoms with E-state index in [1.54, 1.807) is 6.07 Å². The Morgan fingerprint density at radius 1 is 1.33 bits per heavy atom. The quantitative estimate of drug-likeness (QED) is 0.863. The number of hydrogen-bond donors (Lipinski definition) is 1. The van der Waals surface area contributed by atoms with Gasteiger partial charge in [0.25, 0.3) is 0 Å². The zero-order chi connectivity index (χ0) is 15.5. The van der Waals surface area contributed by atoms with Crippen LogP contribution in [0.3, 0.4) is 0 Å². The average molecular weight is 357 g/mol. The molecule has 0 saturated carbocycles. The van der Waals surface area contributed by atoms with E-state index in [4.69, 9.17) is 0 Å². The van der Waals surface area contributed by atoms with E-state index in [0.29, 0.717) is 12.6 Å². The third kappa shape index (κ3) is 5.35. The summed E-state index contributed by atoms with van der Waals surface area (Å²) in [5, 5.41) is 3.59. The van der Waals surface area contributed by atoms with Crippen molar-refractivity contribution in [2.45, 2.75) is 58.2 Å². The molecular weight excluding hydrogens is 331 g/mol. The number of likely N-dealkylation sites (tertiary alicyclic amines) is 1. The molecule has 1 fully saturated rings. The van der Waals surface area contributed by atoms with Crippen molar-refractivity contribution in [3.8, 4) is 0 Å². The molecule has 0 radical (unpaired) electrons. The molecule has 21 heavy (non-hydrogen) atoms. The lowest BCUT2D eigenvalue weighted by molar-refractivity contribution is 0.129. The molecule has 0 aromatic heterocycles. The topological polar surface area (TPSA) is 15.3 Å². The van der Waals surface area contributed by atoms with Gasteiger partial charge in [-0.25, -0.2) is 4.39 Å². The minimum Gasteiger partial charge on any atom is -0.311 e. The van der Waals surface area contributed by atoms with E-state index in [0.717, 1.165) is 23.1 Å². The fourth-order valence-corrected chi connectivity index (χ4v) is 3.13. The van der Waals surface area contributed by atoms with Crippen molar-refractivity contribution in [3.05, 3.63) is 34.1 Å². The third-order valence-corrected chi connectivity index (χ3v) is 4.50. The molecule has 1 aromatic rings. The Hall–Kier alpha value is -0.450. The van der Waals surface area contributed by atoms with Gasteiger partial charge < -0.3 is 5.32 Å². The van der Waals surface area contributed by atoms with E-state index in [1.807, 2.05) is 12.1 Å². The monoisotopic (exact) mass is 356 g/mol. The molecule has 0 amide bonds. The van der Waals surface area contributed by atoms with Crippen LogP contribution < -0.4 is 5.32 Å². The van der Waals surface area contributed by atoms with Crippen LogP contribution in [-0.4, -0.2) is 29.6 Å². The highest BCUT2D eigenvalue weighted by Gasteiger charge is 2.24. The number of piperidine rings is 1. The highest BCUT2D eigenvalue weighted by molar-refractivity contribution is 9.10. The summed E-state index contributed by atoms with van der Waals surface area (Å²) in [6.07, 6.45) is 3.68. The summed E-state index contributed by atoms with van der Waals surface area (Å²) in [7, 11) is 0. The van der Waals surface area contributed by atoms with Crippen molar-refractivity contribution >= 4 is 15.9 Å². The highest BCUT2D eigenvalue weighted by Crippen LogP contribution is 2.22. The van der Waals surface area contributed by atoms with Gasteiger partial charge in [0.15, 0.2) is 0 Å². The number of rotatable bonds is 4. The van der Waals surface area contributed by atoms with Crippen LogP contribution >= 0.6 is 15.9 Å². The Bertz CT molecular complexity index is 470. The Kier molecular flexibility index (Phi) is 5.81. The van der Waals surface area contributed by atoms with Crippen molar-refractivity contribution in [2.75, 3.05) is 13.1 Å². The second-order valence-corrected chi connectivity index (χ2v) is 7.90. The largest absolute Gasteiger partial charge is 0.311 e. The van der Waals surface area contributed by atoms with Gasteiger partial charge in [-0.3, -0.25) is 4.90 Å². The van der Waals surface area contributed by atoms with Crippen LogP contribution in [0.4, 0.5) is 4.39 Å². The molecule has 2 nitrogen and oxygen atoms in total. The van der Waals surface area contributed by atoms with E-state index in [1.165, 1.54) is 19.3 Å². The molecule has 1 aliphatic rings. The van der Waals surface area contributed by atoms with E-state index in [2.05, 4.69) is 46.9 Å². The lowest BCUT2D eigenvalue weighted by Gasteiger charge is -2.37. The fraction of sp³-hybridized carbons (Fsp3) is 0.647. The Morgan fingerprint density at radius 3 is 2.76 bits per heavy atom. The molecule has 2 rings (SSSR count). The maximum Gasteiger partial charge on any atom is 0.128 e. The van der Waals surface area contributed by atoms with Gasteiger partial charge in [0.05, 0.1) is 0 Å². The maximum atomic E-state index is 14.0. The summed E-state index contributed by atoms with van der Waals surface area (Å²) in [4.78, 5) is 2.43. The van der Waals surface area contributed by atoms with Crippen LogP contribution in [-0.2, 0) is 6.54 Å². The van der Waals surface area contributed by atoms with Crippen molar-refractivity contribution in [1.82, 2.24) is 10.2 Å². The van der Waals surface area contributed by atoms with Crippen LogP contribution in [0, 0.1) is 5.82 Å². The van der Waals surface area contributed by atoms with Crippen LogP contribution in [0.25, 0.3) is 0 Å². The van der Waals surface area contributed by atoms with E-state index in [-0.39, 0.29) is 11.4 Å². The summed E-state index contributed by atoms with van der Waals surface area (Å²) in [6, 6.07) is 5.87. The van der Waals surface area contributed by atoms with Gasteiger partial charge in [-0.05, 0) is 52.3 Å². The molecule has 1 atom stereocenters. The third-order valence-electron chi connectivity index (χ3n) is 4.01. The van der Waals surface area contributed by atoms with E-state index < -0.39 is 0 Å². The zero-order valence-corrected chi connectivity index (χ0v) is 14.8. The van der Waals surface area contributed by atoms with Crippen molar-refractivity contribution in [1.29, 1.82) is 0 Å². The summed E-state index contributed by atoms with van der Waals surface area (Å²) < 4.78 is 14.8. The number of nitrogens with one attached hydrogen (secondary N) is 1. The predicted octanol–water partition coefficient (Wildman–Crippen LogP) is 4.33. The van der Waals surface area contributed by atoms with Gasteiger partial charge in [-0.2, -0.15) is 0 Å². The number of benzene rings is 1. The number of halogens is 2. The van der Waals surface area contributed by atoms with Gasteiger partial charge in [0.2, 0.25) is 0 Å². The Morgan fingerprint density at radius 2 is 2.10 bits per heavy atom. The van der Waals surface area contributed by atoms with Crippen LogP contribution in [0.2, 0.25) is 0 Å². The van der Waals surface area contributed by atoms with Crippen LogP contribution in [0.15, 0.2) is 22.7 Å². The van der Waals surface area contributed by atoms with Gasteiger partial charge >= 0.3 is 0 Å². The average Bonchev–Trinajstić information content (AvgIpc) is 2.40. The lowest BCUT2D eigenvalue weighted by atomic mass is 9.99. The highest BCUT2D eigenvalue weighted by atomic mass is 79.9. The van der Waals surface area contributed by atoms with E-state index in [9.17, 15) is 4.39 Å². The van der Waals surface area contributed by atoms with Gasteiger partial charge in [-0.15, -0.1) is 0 Å². The van der Waals surface area contributed by atoms with E-state index >= 15 is 0 Å². The van der Waals surface area contributed by atoms with Crippen molar-refractivity contribution < 1.29 is 4.39 Å². The van der Waals surface area contributed by atoms with Crippen LogP contribution in [0.5, 0.6) is 0 Å². The lowest BCUT2D eigenvalue weighted by Crippen LogP contribution is -2.49. The molecule has 1 heterocycles. The number of hydrogen-bond acceptors (Lipinski definition) is 2. The minimum atomic E-state index is -0.113. The van der Waals surface area contributed by atoms with Gasteiger partial charge in [0, 0.05) is 34.7 Å². The smallest absolute Gasteiger partial charge is 0.128 e. The van der Waals surface area contributed by atoms with Gasteiger partial charge in [0.1, 0.15) is 5.82 Å². The molecule has 1 aromatic carbocycles.